The van der Waals surface area contributed by atoms with Gasteiger partial charge in [-0.2, -0.15) is 4.39 Å². The minimum absolute atomic E-state index is 0.107. The zero-order chi connectivity index (χ0) is 26.3. The number of aliphatic imine (C=N–C) groups is 1. The molecule has 9 nitrogen and oxygen atoms in total. The second kappa shape index (κ2) is 9.90. The lowest BCUT2D eigenvalue weighted by atomic mass is 9.80. The number of allylic oxidation sites excluding steroid dienone is 1. The number of fused-ring (bicyclic) bond motifs is 4. The van der Waals surface area contributed by atoms with Crippen molar-refractivity contribution in [1.82, 2.24) is 9.99 Å². The number of anilines is 1. The summed E-state index contributed by atoms with van der Waals surface area (Å²) in [5.74, 6) is 6.42. The van der Waals surface area contributed by atoms with Crippen molar-refractivity contribution in [3.8, 4) is 11.5 Å². The first kappa shape index (κ1) is 24.7. The van der Waals surface area contributed by atoms with Gasteiger partial charge in [0.1, 0.15) is 17.2 Å². The van der Waals surface area contributed by atoms with Crippen LogP contribution in [0.1, 0.15) is 28.9 Å². The topological polar surface area (TPSA) is 111 Å². The molecule has 2 aromatic rings. The smallest absolute Gasteiger partial charge is 0.274 e. The van der Waals surface area contributed by atoms with Crippen LogP contribution in [-0.4, -0.2) is 54.4 Å². The van der Waals surface area contributed by atoms with Gasteiger partial charge in [-0.25, -0.2) is 10.8 Å². The third-order valence-corrected chi connectivity index (χ3v) is 8.35. The molecule has 0 aliphatic carbocycles. The number of nitrogens with zero attached hydrogens (tertiary/aromatic N) is 3. The van der Waals surface area contributed by atoms with Crippen LogP contribution in [0.25, 0.3) is 0 Å². The second-order valence-corrected chi connectivity index (χ2v) is 10.4. The number of hydrogen-bond acceptors (Lipinski definition) is 9. The number of halogens is 1. The van der Waals surface area contributed by atoms with Gasteiger partial charge >= 0.3 is 0 Å². The maximum atomic E-state index is 15.8. The zero-order valence-corrected chi connectivity index (χ0v) is 21.5. The number of amides is 1. The highest BCUT2D eigenvalue weighted by Gasteiger charge is 2.49. The van der Waals surface area contributed by atoms with Gasteiger partial charge in [-0.1, -0.05) is 17.8 Å². The second-order valence-electron chi connectivity index (χ2n) is 9.23. The molecule has 38 heavy (non-hydrogen) atoms. The Balaban J connectivity index is 1.40. The third kappa shape index (κ3) is 4.16. The molecule has 4 aliphatic rings. The predicted octanol–water partition coefficient (Wildman–Crippen LogP) is 4.07. The predicted molar refractivity (Wildman–Crippen MR) is 143 cm³/mol. The van der Waals surface area contributed by atoms with E-state index in [1.165, 1.54) is 25.1 Å². The Morgan fingerprint density at radius 1 is 1.34 bits per heavy atom. The highest BCUT2D eigenvalue weighted by molar-refractivity contribution is 8.13. The van der Waals surface area contributed by atoms with E-state index < -0.39 is 16.7 Å². The summed E-state index contributed by atoms with van der Waals surface area (Å²) in [5.41, 5.74) is 5.07. The molecule has 0 radical (unpaired) electrons. The number of nitrogens with two attached hydrogens (primary N) is 1. The molecule has 196 valence electrons. The molecular weight excluding hydrogens is 509 g/mol. The van der Waals surface area contributed by atoms with E-state index in [4.69, 9.17) is 20.1 Å². The van der Waals surface area contributed by atoms with Crippen LogP contribution < -0.4 is 20.6 Å². The van der Waals surface area contributed by atoms with Crippen molar-refractivity contribution in [1.29, 1.82) is 0 Å². The number of benzene rings is 1. The largest absolute Gasteiger partial charge is 0.495 e. The lowest BCUT2D eigenvalue weighted by Crippen LogP contribution is -2.47. The van der Waals surface area contributed by atoms with E-state index in [9.17, 15) is 4.79 Å². The molecule has 4 aliphatic heterocycles. The van der Waals surface area contributed by atoms with Crippen LogP contribution in [0.5, 0.6) is 11.5 Å². The number of pyridine rings is 1. The molecule has 5 heterocycles. The Morgan fingerprint density at radius 3 is 2.95 bits per heavy atom. The first-order valence-electron chi connectivity index (χ1n) is 12.2. The Labute approximate surface area is 223 Å². The molecule has 3 N–H and O–H groups in total. The van der Waals surface area contributed by atoms with Crippen LogP contribution in [0, 0.1) is 0 Å². The van der Waals surface area contributed by atoms with Gasteiger partial charge in [-0.15, -0.1) is 0 Å². The number of hydrogen-bond donors (Lipinski definition) is 2. The minimum Gasteiger partial charge on any atom is -0.495 e. The molecule has 1 amide bonds. The lowest BCUT2D eigenvalue weighted by molar-refractivity contribution is 0.102. The van der Waals surface area contributed by atoms with Gasteiger partial charge in [-0.3, -0.25) is 14.8 Å². The molecule has 1 aromatic heterocycles. The fraction of sp³-hybridized carbons (Fsp3) is 0.296. The molecule has 6 rings (SSSR count). The van der Waals surface area contributed by atoms with E-state index in [-0.39, 0.29) is 17.4 Å². The van der Waals surface area contributed by atoms with Crippen LogP contribution in [0.15, 0.2) is 76.5 Å². The van der Waals surface area contributed by atoms with Crippen molar-refractivity contribution >= 4 is 28.9 Å². The van der Waals surface area contributed by atoms with E-state index in [1.807, 2.05) is 12.1 Å². The van der Waals surface area contributed by atoms with Crippen LogP contribution in [-0.2, 0) is 9.48 Å². The summed E-state index contributed by atoms with van der Waals surface area (Å²) >= 11 is 1.51. The number of ether oxygens (including phenoxy) is 3. The minimum atomic E-state index is -0.670. The fourth-order valence-electron chi connectivity index (χ4n) is 5.10. The average molecular weight is 536 g/mol. The van der Waals surface area contributed by atoms with Crippen molar-refractivity contribution in [2.45, 2.75) is 23.6 Å². The summed E-state index contributed by atoms with van der Waals surface area (Å²) < 4.78 is 32.0. The van der Waals surface area contributed by atoms with Crippen LogP contribution in [0.2, 0.25) is 0 Å². The Hall–Kier alpha value is -3.67. The van der Waals surface area contributed by atoms with E-state index in [0.29, 0.717) is 48.9 Å². The summed E-state index contributed by atoms with van der Waals surface area (Å²) in [6, 6.07) is 8.11. The van der Waals surface area contributed by atoms with Gasteiger partial charge in [-0.05, 0) is 54.8 Å². The summed E-state index contributed by atoms with van der Waals surface area (Å²) in [7, 11) is 1.54. The molecule has 1 aromatic carbocycles. The number of methoxy groups -OCH3 is 1. The highest BCUT2D eigenvalue weighted by Crippen LogP contribution is 2.57. The number of aromatic nitrogens is 1. The van der Waals surface area contributed by atoms with Crippen LogP contribution in [0.3, 0.4) is 0 Å². The van der Waals surface area contributed by atoms with Crippen molar-refractivity contribution in [3.63, 3.8) is 0 Å². The van der Waals surface area contributed by atoms with Crippen LogP contribution in [0.4, 0.5) is 10.1 Å². The maximum absolute atomic E-state index is 15.8. The van der Waals surface area contributed by atoms with Crippen molar-refractivity contribution in [3.05, 3.63) is 82.8 Å². The fourth-order valence-corrected chi connectivity index (χ4v) is 6.25. The molecular formula is C27H26FN5O4S. The summed E-state index contributed by atoms with van der Waals surface area (Å²) in [6.45, 7) is 1.58. The zero-order valence-electron chi connectivity index (χ0n) is 20.6. The van der Waals surface area contributed by atoms with Gasteiger partial charge < -0.3 is 19.5 Å². The number of carbonyl (C=O) groups excluding carboxylic acids is 1. The summed E-state index contributed by atoms with van der Waals surface area (Å²) in [4.78, 5) is 21.5. The SMILES string of the molecule is COc1ccc(C(=O)Nc2ccc3c(c2)[C@@]2(CCN=CS2)C2=CC(C4=CCCOC4)N(N)C(F)=C2O3)nc1. The van der Waals surface area contributed by atoms with Crippen molar-refractivity contribution in [2.24, 2.45) is 10.8 Å². The van der Waals surface area contributed by atoms with E-state index in [2.05, 4.69) is 21.4 Å². The molecule has 0 fully saturated rings. The van der Waals surface area contributed by atoms with E-state index in [0.717, 1.165) is 22.6 Å². The third-order valence-electron chi connectivity index (χ3n) is 7.05. The normalized spacial score (nSPS) is 24.2. The number of carbonyl (C=O) groups is 1. The standard InChI is InChI=1S/C27H26FN5O4S/c1-35-18-5-6-21(31-13-18)26(34)32-17-4-7-23-19(11-17)27(8-9-30-15-38-27)20-12-22(16-3-2-10-36-14-16)33(29)25(28)24(20)37-23/h3-7,11-13,15,22H,2,8-10,14,29H2,1H3,(H,32,34)/t22?,27-/m0/s1. The molecule has 1 unspecified atom stereocenters. The Bertz CT molecular complexity index is 1410. The number of hydrazine groups is 1. The molecule has 0 bridgehead atoms. The molecule has 2 atom stereocenters. The molecule has 1 spiro atoms. The first-order chi connectivity index (χ1) is 18.5. The van der Waals surface area contributed by atoms with Crippen molar-refractivity contribution < 1.29 is 23.4 Å². The van der Waals surface area contributed by atoms with Gasteiger partial charge in [0.25, 0.3) is 5.91 Å². The van der Waals surface area contributed by atoms with Gasteiger partial charge in [0, 0.05) is 23.4 Å². The van der Waals surface area contributed by atoms with Gasteiger partial charge in [0.15, 0.2) is 5.76 Å². The number of thioether (sulfide) groups is 1. The van der Waals surface area contributed by atoms with E-state index in [1.54, 1.807) is 29.8 Å². The number of rotatable bonds is 4. The van der Waals surface area contributed by atoms with Gasteiger partial charge in [0.05, 0.1) is 42.9 Å². The highest BCUT2D eigenvalue weighted by atomic mass is 32.2. The Morgan fingerprint density at radius 2 is 2.24 bits per heavy atom. The average Bonchev–Trinajstić information content (AvgIpc) is 2.96. The van der Waals surface area contributed by atoms with E-state index >= 15 is 4.39 Å². The molecule has 0 saturated carbocycles. The molecule has 11 heteroatoms. The van der Waals surface area contributed by atoms with Gasteiger partial charge in [0.2, 0.25) is 5.95 Å². The number of nitrogens with one attached hydrogen (secondary N) is 1. The monoisotopic (exact) mass is 535 g/mol. The quantitative estimate of drug-likeness (QED) is 0.343. The lowest BCUT2D eigenvalue weighted by Gasteiger charge is -2.45. The molecule has 0 saturated heterocycles. The van der Waals surface area contributed by atoms with Crippen molar-refractivity contribution in [2.75, 3.05) is 32.2 Å². The maximum Gasteiger partial charge on any atom is 0.274 e. The summed E-state index contributed by atoms with van der Waals surface area (Å²) in [5, 5.41) is 4.02. The first-order valence-corrected chi connectivity index (χ1v) is 13.1. The summed E-state index contributed by atoms with van der Waals surface area (Å²) in [6.07, 6.45) is 6.89. The van der Waals surface area contributed by atoms with Crippen LogP contribution >= 0.6 is 11.8 Å². The Kier molecular flexibility index (Phi) is 6.42.